The summed E-state index contributed by atoms with van der Waals surface area (Å²) >= 11 is 6.92. The Morgan fingerprint density at radius 2 is 2.25 bits per heavy atom. The standard InChI is InChI=1S/C14H22N2OS3/c1-4-19-12-7-5-6-11(13(12)14(15)18)16-10(2)8-9-20(3)17/h5-7,10,16H,4,8-9H2,1-3H3,(H2,15,18). The molecular weight excluding hydrogens is 308 g/mol. The summed E-state index contributed by atoms with van der Waals surface area (Å²) in [5, 5.41) is 3.43. The van der Waals surface area contributed by atoms with E-state index in [1.54, 1.807) is 18.0 Å². The molecule has 0 aliphatic carbocycles. The Morgan fingerprint density at radius 1 is 1.55 bits per heavy atom. The molecule has 2 atom stereocenters. The highest BCUT2D eigenvalue weighted by atomic mass is 32.2. The van der Waals surface area contributed by atoms with E-state index in [9.17, 15) is 4.21 Å². The van der Waals surface area contributed by atoms with Crippen LogP contribution in [0.5, 0.6) is 0 Å². The average molecular weight is 331 g/mol. The highest BCUT2D eigenvalue weighted by molar-refractivity contribution is 7.99. The summed E-state index contributed by atoms with van der Waals surface area (Å²) in [4.78, 5) is 1.52. The predicted molar refractivity (Wildman–Crippen MR) is 95.4 cm³/mol. The zero-order valence-corrected chi connectivity index (χ0v) is 14.6. The van der Waals surface area contributed by atoms with Crippen molar-refractivity contribution in [3.8, 4) is 0 Å². The van der Waals surface area contributed by atoms with Crippen LogP contribution in [-0.4, -0.2) is 33.0 Å². The van der Waals surface area contributed by atoms with E-state index in [1.165, 1.54) is 0 Å². The van der Waals surface area contributed by atoms with Crippen molar-refractivity contribution in [1.82, 2.24) is 0 Å². The maximum Gasteiger partial charge on any atom is 0.107 e. The number of nitrogens with one attached hydrogen (secondary N) is 1. The molecule has 0 amide bonds. The van der Waals surface area contributed by atoms with Gasteiger partial charge in [-0.05, 0) is 31.2 Å². The summed E-state index contributed by atoms with van der Waals surface area (Å²) in [6, 6.07) is 6.27. The van der Waals surface area contributed by atoms with Crippen LogP contribution >= 0.6 is 24.0 Å². The molecule has 0 saturated carbocycles. The second-order valence-electron chi connectivity index (χ2n) is 4.59. The summed E-state index contributed by atoms with van der Waals surface area (Å²) in [6.45, 7) is 4.18. The Bertz CT molecular complexity index is 491. The average Bonchev–Trinajstić information content (AvgIpc) is 2.36. The molecule has 2 unspecified atom stereocenters. The minimum atomic E-state index is -0.760. The lowest BCUT2D eigenvalue weighted by Crippen LogP contribution is -2.21. The molecule has 112 valence electrons. The second kappa shape index (κ2) is 8.64. The van der Waals surface area contributed by atoms with E-state index in [-0.39, 0.29) is 6.04 Å². The fourth-order valence-electron chi connectivity index (χ4n) is 1.86. The number of hydrogen-bond donors (Lipinski definition) is 2. The molecule has 0 aliphatic heterocycles. The third kappa shape index (κ3) is 5.42. The zero-order chi connectivity index (χ0) is 15.1. The number of benzene rings is 1. The van der Waals surface area contributed by atoms with Crippen LogP contribution in [0.15, 0.2) is 23.1 Å². The normalized spacial score (nSPS) is 13.8. The van der Waals surface area contributed by atoms with Crippen molar-refractivity contribution < 1.29 is 4.21 Å². The Morgan fingerprint density at radius 3 is 2.80 bits per heavy atom. The molecule has 1 rings (SSSR count). The first kappa shape index (κ1) is 17.5. The minimum absolute atomic E-state index is 0.230. The third-order valence-corrected chi connectivity index (χ3v) is 4.77. The van der Waals surface area contributed by atoms with Gasteiger partial charge in [0.2, 0.25) is 0 Å². The van der Waals surface area contributed by atoms with Crippen LogP contribution in [0, 0.1) is 0 Å². The van der Waals surface area contributed by atoms with Crippen LogP contribution in [0.2, 0.25) is 0 Å². The van der Waals surface area contributed by atoms with Crippen molar-refractivity contribution in [2.45, 2.75) is 31.2 Å². The molecule has 3 N–H and O–H groups in total. The Kier molecular flexibility index (Phi) is 7.55. The van der Waals surface area contributed by atoms with E-state index < -0.39 is 10.8 Å². The number of rotatable bonds is 8. The SMILES string of the molecule is CCSc1cccc(NC(C)CCS(C)=O)c1C(N)=S. The van der Waals surface area contributed by atoms with Crippen molar-refractivity contribution in [2.24, 2.45) is 5.73 Å². The van der Waals surface area contributed by atoms with E-state index in [0.29, 0.717) is 10.7 Å². The fourth-order valence-corrected chi connectivity index (χ4v) is 3.68. The van der Waals surface area contributed by atoms with Crippen LogP contribution < -0.4 is 11.1 Å². The van der Waals surface area contributed by atoms with Gasteiger partial charge in [-0.25, -0.2) is 0 Å². The van der Waals surface area contributed by atoms with Crippen LogP contribution in [0.3, 0.4) is 0 Å². The Labute approximate surface area is 133 Å². The van der Waals surface area contributed by atoms with Gasteiger partial charge < -0.3 is 11.1 Å². The molecule has 20 heavy (non-hydrogen) atoms. The number of thioether (sulfide) groups is 1. The first-order chi connectivity index (χ1) is 9.45. The lowest BCUT2D eigenvalue weighted by Gasteiger charge is -2.19. The largest absolute Gasteiger partial charge is 0.389 e. The molecule has 0 spiro atoms. The van der Waals surface area contributed by atoms with Gasteiger partial charge in [0.15, 0.2) is 0 Å². The highest BCUT2D eigenvalue weighted by Gasteiger charge is 2.13. The van der Waals surface area contributed by atoms with Crippen molar-refractivity contribution >= 4 is 45.5 Å². The van der Waals surface area contributed by atoms with E-state index in [1.807, 2.05) is 18.2 Å². The summed E-state index contributed by atoms with van der Waals surface area (Å²) in [5.74, 6) is 1.67. The van der Waals surface area contributed by atoms with Gasteiger partial charge in [0.1, 0.15) is 4.99 Å². The van der Waals surface area contributed by atoms with Crippen LogP contribution in [0.4, 0.5) is 5.69 Å². The Balaban J connectivity index is 2.90. The number of thiocarbonyl (C=S) groups is 1. The lowest BCUT2D eigenvalue weighted by molar-refractivity contribution is 0.678. The van der Waals surface area contributed by atoms with Gasteiger partial charge in [-0.2, -0.15) is 0 Å². The van der Waals surface area contributed by atoms with Gasteiger partial charge in [-0.1, -0.05) is 25.2 Å². The summed E-state index contributed by atoms with van der Waals surface area (Å²) in [5.41, 5.74) is 7.75. The lowest BCUT2D eigenvalue weighted by atomic mass is 10.1. The minimum Gasteiger partial charge on any atom is -0.389 e. The van der Waals surface area contributed by atoms with Crippen molar-refractivity contribution in [3.05, 3.63) is 23.8 Å². The fraction of sp³-hybridized carbons (Fsp3) is 0.500. The summed E-state index contributed by atoms with van der Waals surface area (Å²) < 4.78 is 11.2. The molecule has 6 heteroatoms. The third-order valence-electron chi connectivity index (χ3n) is 2.81. The number of anilines is 1. The van der Waals surface area contributed by atoms with E-state index in [0.717, 1.165) is 28.3 Å². The van der Waals surface area contributed by atoms with Crippen molar-refractivity contribution in [1.29, 1.82) is 0 Å². The summed E-state index contributed by atoms with van der Waals surface area (Å²) in [7, 11) is -0.760. The molecular formula is C14H22N2OS3. The van der Waals surface area contributed by atoms with E-state index >= 15 is 0 Å². The molecule has 1 aromatic rings. The molecule has 0 radical (unpaired) electrons. The molecule has 0 fully saturated rings. The molecule has 0 saturated heterocycles. The highest BCUT2D eigenvalue weighted by Crippen LogP contribution is 2.29. The molecule has 1 aromatic carbocycles. The second-order valence-corrected chi connectivity index (χ2v) is 7.89. The van der Waals surface area contributed by atoms with Gasteiger partial charge in [0.05, 0.1) is 0 Å². The van der Waals surface area contributed by atoms with Gasteiger partial charge in [-0.3, -0.25) is 4.21 Å². The molecule has 0 heterocycles. The summed E-state index contributed by atoms with van der Waals surface area (Å²) in [6.07, 6.45) is 2.58. The molecule has 0 aliphatic rings. The van der Waals surface area contributed by atoms with E-state index in [2.05, 4.69) is 19.2 Å². The monoisotopic (exact) mass is 330 g/mol. The van der Waals surface area contributed by atoms with E-state index in [4.69, 9.17) is 18.0 Å². The van der Waals surface area contributed by atoms with Crippen LogP contribution in [0.25, 0.3) is 0 Å². The van der Waals surface area contributed by atoms with Crippen LogP contribution in [0.1, 0.15) is 25.8 Å². The maximum atomic E-state index is 11.2. The predicted octanol–water partition coefficient (Wildman–Crippen LogP) is 3.00. The van der Waals surface area contributed by atoms with Crippen LogP contribution in [-0.2, 0) is 10.8 Å². The quantitative estimate of drug-likeness (QED) is 0.567. The van der Waals surface area contributed by atoms with Crippen molar-refractivity contribution in [3.63, 3.8) is 0 Å². The number of hydrogen-bond acceptors (Lipinski definition) is 4. The van der Waals surface area contributed by atoms with Gasteiger partial charge in [-0.15, -0.1) is 11.8 Å². The molecule has 0 bridgehead atoms. The molecule has 0 aromatic heterocycles. The van der Waals surface area contributed by atoms with Gasteiger partial charge >= 0.3 is 0 Å². The molecule has 3 nitrogen and oxygen atoms in total. The number of nitrogens with two attached hydrogens (primary N) is 1. The topological polar surface area (TPSA) is 55.1 Å². The zero-order valence-electron chi connectivity index (χ0n) is 12.1. The van der Waals surface area contributed by atoms with Gasteiger partial charge in [0, 0.05) is 45.0 Å². The smallest absolute Gasteiger partial charge is 0.107 e. The first-order valence-electron chi connectivity index (χ1n) is 6.57. The van der Waals surface area contributed by atoms with Crippen molar-refractivity contribution in [2.75, 3.05) is 23.1 Å². The first-order valence-corrected chi connectivity index (χ1v) is 9.70. The Hall–Kier alpha value is -0.590. The van der Waals surface area contributed by atoms with Gasteiger partial charge in [0.25, 0.3) is 0 Å². The maximum absolute atomic E-state index is 11.2.